The van der Waals surface area contributed by atoms with E-state index in [1.54, 1.807) is 30.3 Å². The van der Waals surface area contributed by atoms with Crippen LogP contribution in [0.15, 0.2) is 47.5 Å². The summed E-state index contributed by atoms with van der Waals surface area (Å²) in [7, 11) is 0. The lowest BCUT2D eigenvalue weighted by molar-refractivity contribution is -0.139. The Morgan fingerprint density at radius 3 is 2.50 bits per heavy atom. The standard InChI is InChI=1S/C11H10N2O3/c14-10(15)9(8-4-2-1-3-5-8)13-7-6-12-11(13)16/h1-7,9H,(H,12,16)(H,14,15). The van der Waals surface area contributed by atoms with Crippen LogP contribution in [0.1, 0.15) is 11.6 Å². The van der Waals surface area contributed by atoms with Crippen LogP contribution in [-0.4, -0.2) is 20.6 Å². The zero-order valence-corrected chi connectivity index (χ0v) is 8.33. The van der Waals surface area contributed by atoms with E-state index in [-0.39, 0.29) is 0 Å². The van der Waals surface area contributed by atoms with Crippen molar-refractivity contribution in [3.8, 4) is 0 Å². The summed E-state index contributed by atoms with van der Waals surface area (Å²) in [4.78, 5) is 25.0. The molecule has 0 radical (unpaired) electrons. The lowest BCUT2D eigenvalue weighted by Gasteiger charge is -2.12. The minimum Gasteiger partial charge on any atom is -0.479 e. The molecule has 5 heteroatoms. The quantitative estimate of drug-likeness (QED) is 0.801. The van der Waals surface area contributed by atoms with Crippen molar-refractivity contribution in [3.05, 3.63) is 58.8 Å². The molecule has 0 fully saturated rings. The van der Waals surface area contributed by atoms with Gasteiger partial charge in [0.05, 0.1) is 0 Å². The molecule has 1 aromatic heterocycles. The molecule has 0 aliphatic carbocycles. The fraction of sp³-hybridized carbons (Fsp3) is 0.0909. The van der Waals surface area contributed by atoms with Gasteiger partial charge in [0.2, 0.25) is 0 Å². The van der Waals surface area contributed by atoms with Gasteiger partial charge in [0.25, 0.3) is 0 Å². The SMILES string of the molecule is O=C(O)C(c1ccccc1)n1cc[nH]c1=O. The minimum absolute atomic E-state index is 0.434. The van der Waals surface area contributed by atoms with Crippen molar-refractivity contribution in [3.63, 3.8) is 0 Å². The summed E-state index contributed by atoms with van der Waals surface area (Å²) in [6, 6.07) is 7.64. The molecule has 2 N–H and O–H groups in total. The Bertz CT molecular complexity index is 542. The number of hydrogen-bond acceptors (Lipinski definition) is 2. The van der Waals surface area contributed by atoms with Gasteiger partial charge >= 0.3 is 11.7 Å². The summed E-state index contributed by atoms with van der Waals surface area (Å²) in [6.45, 7) is 0. The summed E-state index contributed by atoms with van der Waals surface area (Å²) in [5.41, 5.74) is 0.132. The maximum absolute atomic E-state index is 11.4. The first kappa shape index (κ1) is 10.2. The third kappa shape index (κ3) is 1.75. The molecule has 82 valence electrons. The molecule has 0 amide bonds. The summed E-state index contributed by atoms with van der Waals surface area (Å²) < 4.78 is 1.15. The molecule has 2 rings (SSSR count). The number of aromatic amines is 1. The molecule has 16 heavy (non-hydrogen) atoms. The predicted octanol–water partition coefficient (Wildman–Crippen LogP) is 0.850. The van der Waals surface area contributed by atoms with Gasteiger partial charge in [-0.3, -0.25) is 4.57 Å². The van der Waals surface area contributed by atoms with Crippen LogP contribution in [0.2, 0.25) is 0 Å². The van der Waals surface area contributed by atoms with Crippen LogP contribution in [0.4, 0.5) is 0 Å². The number of H-pyrrole nitrogens is 1. The molecule has 0 aliphatic heterocycles. The minimum atomic E-state index is -1.06. The average Bonchev–Trinajstić information content (AvgIpc) is 2.66. The van der Waals surface area contributed by atoms with Crippen molar-refractivity contribution < 1.29 is 9.90 Å². The van der Waals surface area contributed by atoms with Gasteiger partial charge in [-0.1, -0.05) is 30.3 Å². The van der Waals surface area contributed by atoms with Gasteiger partial charge in [-0.15, -0.1) is 0 Å². The normalized spacial score (nSPS) is 12.2. The molecule has 0 saturated carbocycles. The molecule has 2 aromatic rings. The van der Waals surface area contributed by atoms with Crippen molar-refractivity contribution in [2.75, 3.05) is 0 Å². The van der Waals surface area contributed by atoms with Gasteiger partial charge in [0, 0.05) is 12.4 Å². The molecule has 1 atom stereocenters. The van der Waals surface area contributed by atoms with Gasteiger partial charge in [-0.05, 0) is 5.56 Å². The number of imidazole rings is 1. The average molecular weight is 218 g/mol. The van der Waals surface area contributed by atoms with E-state index < -0.39 is 17.7 Å². The number of benzene rings is 1. The number of nitrogens with zero attached hydrogens (tertiary/aromatic N) is 1. The van der Waals surface area contributed by atoms with Crippen LogP contribution in [0, 0.1) is 0 Å². The molecule has 1 unspecified atom stereocenters. The first-order valence-corrected chi connectivity index (χ1v) is 4.73. The fourth-order valence-corrected chi connectivity index (χ4v) is 1.59. The van der Waals surface area contributed by atoms with Crippen LogP contribution in [0.25, 0.3) is 0 Å². The van der Waals surface area contributed by atoms with E-state index >= 15 is 0 Å². The lowest BCUT2D eigenvalue weighted by Crippen LogP contribution is -2.28. The van der Waals surface area contributed by atoms with E-state index in [4.69, 9.17) is 5.11 Å². The highest BCUT2D eigenvalue weighted by molar-refractivity contribution is 5.75. The second-order valence-electron chi connectivity index (χ2n) is 3.32. The Morgan fingerprint density at radius 2 is 2.00 bits per heavy atom. The summed E-state index contributed by atoms with van der Waals surface area (Å²) in [5.74, 6) is -1.06. The number of carbonyl (C=O) groups is 1. The van der Waals surface area contributed by atoms with E-state index in [0.29, 0.717) is 5.56 Å². The highest BCUT2D eigenvalue weighted by Crippen LogP contribution is 2.16. The second-order valence-corrected chi connectivity index (χ2v) is 3.32. The molecule has 0 bridgehead atoms. The molecule has 0 aliphatic rings. The van der Waals surface area contributed by atoms with Gasteiger partial charge < -0.3 is 10.1 Å². The van der Waals surface area contributed by atoms with Crippen LogP contribution >= 0.6 is 0 Å². The Morgan fingerprint density at radius 1 is 1.31 bits per heavy atom. The van der Waals surface area contributed by atoms with Crippen molar-refractivity contribution in [2.45, 2.75) is 6.04 Å². The van der Waals surface area contributed by atoms with Gasteiger partial charge in [0.15, 0.2) is 6.04 Å². The van der Waals surface area contributed by atoms with Gasteiger partial charge in [-0.2, -0.15) is 0 Å². The monoisotopic (exact) mass is 218 g/mol. The largest absolute Gasteiger partial charge is 0.479 e. The molecular formula is C11H10N2O3. The van der Waals surface area contributed by atoms with E-state index in [1.165, 1.54) is 12.4 Å². The molecular weight excluding hydrogens is 208 g/mol. The number of carboxylic acids is 1. The maximum atomic E-state index is 11.4. The van der Waals surface area contributed by atoms with Crippen molar-refractivity contribution >= 4 is 5.97 Å². The summed E-state index contributed by atoms with van der Waals surface area (Å²) >= 11 is 0. The van der Waals surface area contributed by atoms with Crippen LogP contribution in [0.5, 0.6) is 0 Å². The fourth-order valence-electron chi connectivity index (χ4n) is 1.59. The summed E-state index contributed by atoms with van der Waals surface area (Å²) in [5, 5.41) is 9.15. The predicted molar refractivity (Wildman–Crippen MR) is 57.3 cm³/mol. The Balaban J connectivity index is 2.52. The molecule has 5 nitrogen and oxygen atoms in total. The third-order valence-corrected chi connectivity index (χ3v) is 2.30. The Kier molecular flexibility index (Phi) is 2.59. The van der Waals surface area contributed by atoms with Crippen LogP contribution in [0.3, 0.4) is 0 Å². The van der Waals surface area contributed by atoms with Gasteiger partial charge in [-0.25, -0.2) is 9.59 Å². The topological polar surface area (TPSA) is 75.1 Å². The second kappa shape index (κ2) is 4.06. The highest BCUT2D eigenvalue weighted by Gasteiger charge is 2.22. The number of carboxylic acid groups (broad SMARTS) is 1. The van der Waals surface area contributed by atoms with Gasteiger partial charge in [0.1, 0.15) is 0 Å². The smallest absolute Gasteiger partial charge is 0.331 e. The number of nitrogens with one attached hydrogen (secondary N) is 1. The summed E-state index contributed by atoms with van der Waals surface area (Å²) in [6.07, 6.45) is 2.84. The molecule has 0 saturated heterocycles. The third-order valence-electron chi connectivity index (χ3n) is 2.30. The number of aliphatic carboxylic acids is 1. The Hall–Kier alpha value is -2.30. The zero-order chi connectivity index (χ0) is 11.5. The molecule has 0 spiro atoms. The first-order valence-electron chi connectivity index (χ1n) is 4.73. The van der Waals surface area contributed by atoms with Crippen molar-refractivity contribution in [1.82, 2.24) is 9.55 Å². The molecule has 1 heterocycles. The van der Waals surface area contributed by atoms with Crippen LogP contribution < -0.4 is 5.69 Å². The van der Waals surface area contributed by atoms with Crippen molar-refractivity contribution in [1.29, 1.82) is 0 Å². The van der Waals surface area contributed by atoms with Crippen molar-refractivity contribution in [2.24, 2.45) is 0 Å². The highest BCUT2D eigenvalue weighted by atomic mass is 16.4. The van der Waals surface area contributed by atoms with E-state index in [9.17, 15) is 9.59 Å². The lowest BCUT2D eigenvalue weighted by atomic mass is 10.1. The van der Waals surface area contributed by atoms with E-state index in [0.717, 1.165) is 4.57 Å². The van der Waals surface area contributed by atoms with E-state index in [2.05, 4.69) is 4.98 Å². The molecule has 1 aromatic carbocycles. The van der Waals surface area contributed by atoms with E-state index in [1.807, 2.05) is 0 Å². The zero-order valence-electron chi connectivity index (χ0n) is 8.33. The van der Waals surface area contributed by atoms with Crippen LogP contribution in [-0.2, 0) is 4.79 Å². The number of aromatic nitrogens is 2. The number of hydrogen-bond donors (Lipinski definition) is 2. The maximum Gasteiger partial charge on any atom is 0.331 e. The number of rotatable bonds is 3. The first-order chi connectivity index (χ1) is 7.70. The Labute approximate surface area is 91.0 Å².